The van der Waals surface area contributed by atoms with Crippen molar-refractivity contribution in [3.05, 3.63) is 51.3 Å². The number of primary amides is 1. The first kappa shape index (κ1) is 16.9. The van der Waals surface area contributed by atoms with Crippen LogP contribution in [-0.2, 0) is 6.42 Å². The Bertz CT molecular complexity index is 1020. The number of nitrogens with zero attached hydrogens (tertiary/aromatic N) is 3. The molecule has 0 saturated carbocycles. The smallest absolute Gasteiger partial charge is 0.332 e. The van der Waals surface area contributed by atoms with Crippen LogP contribution in [0, 0.1) is 13.8 Å². The normalized spacial score (nSPS) is 11.2. The molecular formula is C18H21N5O2. The van der Waals surface area contributed by atoms with E-state index in [1.54, 1.807) is 0 Å². The Morgan fingerprint density at radius 2 is 2.00 bits per heavy atom. The van der Waals surface area contributed by atoms with E-state index in [0.29, 0.717) is 23.6 Å². The van der Waals surface area contributed by atoms with Gasteiger partial charge in [0.25, 0.3) is 5.91 Å². The number of hydrogen-bond donors (Lipinski definition) is 2. The second kappa shape index (κ2) is 6.51. The number of nitrogens with one attached hydrogen (secondary N) is 1. The summed E-state index contributed by atoms with van der Waals surface area (Å²) in [7, 11) is 0. The fourth-order valence-corrected chi connectivity index (χ4v) is 2.76. The fourth-order valence-electron chi connectivity index (χ4n) is 2.76. The first-order valence-corrected chi connectivity index (χ1v) is 8.31. The molecule has 2 heterocycles. The highest BCUT2D eigenvalue weighted by atomic mass is 16.2. The van der Waals surface area contributed by atoms with Gasteiger partial charge in [-0.15, -0.1) is 0 Å². The number of hydrogen-bond acceptors (Lipinski definition) is 4. The summed E-state index contributed by atoms with van der Waals surface area (Å²) in [6.07, 6.45) is 2.49. The summed E-state index contributed by atoms with van der Waals surface area (Å²) < 4.78 is 1.46. The molecule has 25 heavy (non-hydrogen) atoms. The predicted molar refractivity (Wildman–Crippen MR) is 96.1 cm³/mol. The third-order valence-electron chi connectivity index (χ3n) is 4.32. The molecule has 130 valence electrons. The molecule has 0 fully saturated rings. The fraction of sp³-hybridized carbons (Fsp3) is 0.333. The molecule has 7 nitrogen and oxygen atoms in total. The number of benzene rings is 1. The van der Waals surface area contributed by atoms with Crippen LogP contribution in [0.2, 0.25) is 0 Å². The molecule has 0 atom stereocenters. The highest BCUT2D eigenvalue weighted by Gasteiger charge is 2.19. The van der Waals surface area contributed by atoms with Crippen molar-refractivity contribution >= 4 is 17.1 Å². The van der Waals surface area contributed by atoms with Gasteiger partial charge in [0.15, 0.2) is 11.3 Å². The summed E-state index contributed by atoms with van der Waals surface area (Å²) in [5.74, 6) is -0.168. The molecule has 0 aliphatic carbocycles. The van der Waals surface area contributed by atoms with Crippen molar-refractivity contribution in [2.24, 2.45) is 5.73 Å². The van der Waals surface area contributed by atoms with Crippen LogP contribution in [-0.4, -0.2) is 25.4 Å². The monoisotopic (exact) mass is 339 g/mol. The van der Waals surface area contributed by atoms with E-state index >= 15 is 0 Å². The SMILES string of the molecule is CCCCc1nc(C(N)=O)c2[nH]c(=O)n(-c3ccc(C)c(C)c3)c2n1. The summed E-state index contributed by atoms with van der Waals surface area (Å²) in [5.41, 5.74) is 8.68. The molecule has 0 saturated heterocycles. The summed E-state index contributed by atoms with van der Waals surface area (Å²) in [5, 5.41) is 0. The van der Waals surface area contributed by atoms with Crippen LogP contribution in [0.5, 0.6) is 0 Å². The molecular weight excluding hydrogens is 318 g/mol. The maximum atomic E-state index is 12.5. The van der Waals surface area contributed by atoms with E-state index in [2.05, 4.69) is 21.9 Å². The molecule has 0 spiro atoms. The van der Waals surface area contributed by atoms with Gasteiger partial charge in [-0.3, -0.25) is 4.79 Å². The van der Waals surface area contributed by atoms with E-state index in [9.17, 15) is 9.59 Å². The van der Waals surface area contributed by atoms with E-state index in [4.69, 9.17) is 5.73 Å². The Hall–Kier alpha value is -2.96. The number of fused-ring (bicyclic) bond motifs is 1. The number of imidazole rings is 1. The van der Waals surface area contributed by atoms with Crippen molar-refractivity contribution in [3.63, 3.8) is 0 Å². The van der Waals surface area contributed by atoms with Gasteiger partial charge in [0, 0.05) is 6.42 Å². The molecule has 0 unspecified atom stereocenters. The molecule has 3 aromatic rings. The Labute approximate surface area is 144 Å². The van der Waals surface area contributed by atoms with Gasteiger partial charge >= 0.3 is 5.69 Å². The third kappa shape index (κ3) is 3.05. The molecule has 2 aromatic heterocycles. The number of unbranched alkanes of at least 4 members (excludes halogenated alkanes) is 1. The Morgan fingerprint density at radius 1 is 1.24 bits per heavy atom. The van der Waals surface area contributed by atoms with Gasteiger partial charge in [-0.1, -0.05) is 19.4 Å². The lowest BCUT2D eigenvalue weighted by Crippen LogP contribution is -2.16. The minimum atomic E-state index is -0.682. The number of aromatic amines is 1. The van der Waals surface area contributed by atoms with Gasteiger partial charge in [0.1, 0.15) is 11.3 Å². The van der Waals surface area contributed by atoms with E-state index < -0.39 is 5.91 Å². The van der Waals surface area contributed by atoms with Crippen molar-refractivity contribution in [2.75, 3.05) is 0 Å². The molecule has 0 aliphatic rings. The van der Waals surface area contributed by atoms with Crippen molar-refractivity contribution in [1.82, 2.24) is 19.5 Å². The Morgan fingerprint density at radius 3 is 2.64 bits per heavy atom. The van der Waals surface area contributed by atoms with E-state index in [0.717, 1.165) is 24.0 Å². The van der Waals surface area contributed by atoms with Crippen molar-refractivity contribution in [3.8, 4) is 5.69 Å². The lowest BCUT2D eigenvalue weighted by atomic mass is 10.1. The van der Waals surface area contributed by atoms with Gasteiger partial charge in [0.2, 0.25) is 0 Å². The van der Waals surface area contributed by atoms with Crippen molar-refractivity contribution < 1.29 is 4.79 Å². The zero-order valence-electron chi connectivity index (χ0n) is 14.6. The maximum absolute atomic E-state index is 12.5. The number of carbonyl (C=O) groups excluding carboxylic acids is 1. The standard InChI is InChI=1S/C18H21N5O2/c1-4-5-6-13-20-14(16(19)24)15-17(21-13)23(18(25)22-15)12-8-7-10(2)11(3)9-12/h7-9H,4-6H2,1-3H3,(H2,19,24)(H,22,25). The first-order chi connectivity index (χ1) is 11.9. The predicted octanol–water partition coefficient (Wildman–Crippen LogP) is 2.17. The summed E-state index contributed by atoms with van der Waals surface area (Å²) in [6, 6.07) is 5.72. The highest BCUT2D eigenvalue weighted by Crippen LogP contribution is 2.19. The minimum absolute atomic E-state index is 0.0517. The molecule has 0 radical (unpaired) electrons. The topological polar surface area (TPSA) is 107 Å². The van der Waals surface area contributed by atoms with Crippen LogP contribution < -0.4 is 11.4 Å². The lowest BCUT2D eigenvalue weighted by Gasteiger charge is -2.08. The first-order valence-electron chi connectivity index (χ1n) is 8.31. The van der Waals surface area contributed by atoms with Crippen LogP contribution in [0.25, 0.3) is 16.9 Å². The van der Waals surface area contributed by atoms with Gasteiger partial charge in [0.05, 0.1) is 5.69 Å². The van der Waals surface area contributed by atoms with E-state index in [1.165, 1.54) is 4.57 Å². The lowest BCUT2D eigenvalue weighted by molar-refractivity contribution is 0.0996. The molecule has 7 heteroatoms. The highest BCUT2D eigenvalue weighted by molar-refractivity contribution is 6.01. The molecule has 0 bridgehead atoms. The average molecular weight is 339 g/mol. The third-order valence-corrected chi connectivity index (χ3v) is 4.32. The van der Waals surface area contributed by atoms with E-state index in [-0.39, 0.29) is 16.9 Å². The molecule has 0 aliphatic heterocycles. The van der Waals surface area contributed by atoms with Gasteiger partial charge in [-0.25, -0.2) is 19.3 Å². The largest absolute Gasteiger partial charge is 0.364 e. The summed E-state index contributed by atoms with van der Waals surface area (Å²) >= 11 is 0. The number of aryl methyl sites for hydroxylation is 3. The quantitative estimate of drug-likeness (QED) is 0.743. The van der Waals surface area contributed by atoms with E-state index in [1.807, 2.05) is 32.0 Å². The van der Waals surface area contributed by atoms with Gasteiger partial charge in [-0.2, -0.15) is 0 Å². The molecule has 3 N–H and O–H groups in total. The summed E-state index contributed by atoms with van der Waals surface area (Å²) in [4.78, 5) is 35.8. The average Bonchev–Trinajstić information content (AvgIpc) is 2.90. The number of carbonyl (C=O) groups is 1. The number of H-pyrrole nitrogens is 1. The number of nitrogens with two attached hydrogens (primary N) is 1. The second-order valence-electron chi connectivity index (χ2n) is 6.19. The Balaban J connectivity index is 2.30. The molecule has 1 aromatic carbocycles. The van der Waals surface area contributed by atoms with Crippen LogP contribution in [0.4, 0.5) is 0 Å². The number of aromatic nitrogens is 4. The van der Waals surface area contributed by atoms with Crippen LogP contribution in [0.15, 0.2) is 23.0 Å². The molecule has 3 rings (SSSR count). The van der Waals surface area contributed by atoms with Crippen molar-refractivity contribution in [2.45, 2.75) is 40.0 Å². The Kier molecular flexibility index (Phi) is 4.39. The van der Waals surface area contributed by atoms with Crippen LogP contribution in [0.1, 0.15) is 47.2 Å². The maximum Gasteiger partial charge on any atom is 0.332 e. The van der Waals surface area contributed by atoms with Gasteiger partial charge < -0.3 is 10.7 Å². The minimum Gasteiger partial charge on any atom is -0.364 e. The second-order valence-corrected chi connectivity index (χ2v) is 6.19. The molecule has 1 amide bonds. The zero-order chi connectivity index (χ0) is 18.1. The van der Waals surface area contributed by atoms with Crippen LogP contribution >= 0.6 is 0 Å². The number of rotatable bonds is 5. The summed E-state index contributed by atoms with van der Waals surface area (Å²) in [6.45, 7) is 6.05. The number of amides is 1. The van der Waals surface area contributed by atoms with Gasteiger partial charge in [-0.05, 0) is 43.5 Å². The van der Waals surface area contributed by atoms with Crippen LogP contribution in [0.3, 0.4) is 0 Å². The zero-order valence-corrected chi connectivity index (χ0v) is 14.6. The van der Waals surface area contributed by atoms with Crippen molar-refractivity contribution in [1.29, 1.82) is 0 Å².